The second kappa shape index (κ2) is 13.0. The monoisotopic (exact) mass is 310 g/mol. The predicted octanol–water partition coefficient (Wildman–Crippen LogP) is 6.28. The lowest BCUT2D eigenvalue weighted by Crippen LogP contribution is -1.99. The highest BCUT2D eigenvalue weighted by molar-refractivity contribution is 5.68. The number of unbranched alkanes of at least 4 members (excludes halogenated alkanes) is 9. The Bertz CT molecular complexity index is 275. The summed E-state index contributed by atoms with van der Waals surface area (Å²) < 4.78 is 4.65. The molecule has 1 fully saturated rings. The molecule has 0 unspecified atom stereocenters. The minimum Gasteiger partial charge on any atom is -0.469 e. The van der Waals surface area contributed by atoms with E-state index in [1.807, 2.05) is 0 Å². The zero-order valence-electron chi connectivity index (χ0n) is 15.1. The first kappa shape index (κ1) is 19.5. The van der Waals surface area contributed by atoms with Crippen molar-refractivity contribution in [1.29, 1.82) is 0 Å². The number of ether oxygens (including phenoxy) is 1. The summed E-state index contributed by atoms with van der Waals surface area (Å²) in [5.41, 5.74) is 0. The molecule has 1 saturated carbocycles. The maximum Gasteiger partial charge on any atom is 0.305 e. The fourth-order valence-corrected chi connectivity index (χ4v) is 3.51. The van der Waals surface area contributed by atoms with Crippen molar-refractivity contribution >= 4 is 5.97 Å². The van der Waals surface area contributed by atoms with Crippen molar-refractivity contribution in [2.24, 2.45) is 11.8 Å². The SMILES string of the molecule is CCCCCCCC[C@H]1C[C@H]1CCCCCCCC(=O)OC. The molecule has 0 amide bonds. The standard InChI is InChI=1S/C20H38O2/c1-3-4-5-6-8-11-14-18-17-19(18)15-12-9-7-10-13-16-20(21)22-2/h18-19H,3-17H2,1-2H3/t18-,19+/m0/s1. The van der Waals surface area contributed by atoms with Gasteiger partial charge in [-0.3, -0.25) is 4.79 Å². The van der Waals surface area contributed by atoms with Crippen molar-refractivity contribution in [1.82, 2.24) is 0 Å². The lowest BCUT2D eigenvalue weighted by molar-refractivity contribution is -0.140. The van der Waals surface area contributed by atoms with E-state index in [4.69, 9.17) is 0 Å². The smallest absolute Gasteiger partial charge is 0.305 e. The van der Waals surface area contributed by atoms with E-state index in [1.54, 1.807) is 0 Å². The third-order valence-electron chi connectivity index (χ3n) is 5.18. The highest BCUT2D eigenvalue weighted by Gasteiger charge is 2.34. The van der Waals surface area contributed by atoms with E-state index in [0.717, 1.165) is 18.3 Å². The number of hydrogen-bond acceptors (Lipinski definition) is 2. The second-order valence-electron chi connectivity index (χ2n) is 7.19. The normalized spacial score (nSPS) is 20.1. The topological polar surface area (TPSA) is 26.3 Å². The van der Waals surface area contributed by atoms with Crippen LogP contribution in [0.15, 0.2) is 0 Å². The summed E-state index contributed by atoms with van der Waals surface area (Å²) in [5, 5.41) is 0. The second-order valence-corrected chi connectivity index (χ2v) is 7.19. The fourth-order valence-electron chi connectivity index (χ4n) is 3.51. The molecule has 1 aliphatic rings. The molecule has 1 aliphatic carbocycles. The van der Waals surface area contributed by atoms with E-state index in [0.29, 0.717) is 6.42 Å². The van der Waals surface area contributed by atoms with Gasteiger partial charge in [-0.1, -0.05) is 84.0 Å². The Morgan fingerprint density at radius 3 is 1.86 bits per heavy atom. The van der Waals surface area contributed by atoms with Crippen molar-refractivity contribution < 1.29 is 9.53 Å². The highest BCUT2D eigenvalue weighted by atomic mass is 16.5. The van der Waals surface area contributed by atoms with Gasteiger partial charge in [-0.05, 0) is 24.7 Å². The van der Waals surface area contributed by atoms with Crippen LogP contribution in [0.25, 0.3) is 0 Å². The van der Waals surface area contributed by atoms with Crippen LogP contribution >= 0.6 is 0 Å². The molecule has 0 aliphatic heterocycles. The molecular formula is C20H38O2. The van der Waals surface area contributed by atoms with E-state index in [9.17, 15) is 4.79 Å². The molecule has 22 heavy (non-hydrogen) atoms. The number of methoxy groups -OCH3 is 1. The molecule has 2 heteroatoms. The first-order chi connectivity index (χ1) is 10.8. The van der Waals surface area contributed by atoms with Gasteiger partial charge < -0.3 is 4.74 Å². The minimum atomic E-state index is -0.0597. The molecule has 0 radical (unpaired) electrons. The molecular weight excluding hydrogens is 272 g/mol. The predicted molar refractivity (Wildman–Crippen MR) is 93.9 cm³/mol. The van der Waals surface area contributed by atoms with Crippen LogP contribution in [0.1, 0.15) is 103 Å². The molecule has 0 N–H and O–H groups in total. The largest absolute Gasteiger partial charge is 0.469 e. The Morgan fingerprint density at radius 2 is 1.32 bits per heavy atom. The highest BCUT2D eigenvalue weighted by Crippen LogP contribution is 2.45. The Kier molecular flexibility index (Phi) is 11.5. The van der Waals surface area contributed by atoms with Gasteiger partial charge in [0.25, 0.3) is 0 Å². The molecule has 0 bridgehead atoms. The van der Waals surface area contributed by atoms with Crippen molar-refractivity contribution in [2.45, 2.75) is 103 Å². The van der Waals surface area contributed by atoms with Crippen LogP contribution < -0.4 is 0 Å². The van der Waals surface area contributed by atoms with Crippen molar-refractivity contribution in [3.63, 3.8) is 0 Å². The van der Waals surface area contributed by atoms with Gasteiger partial charge in [0, 0.05) is 6.42 Å². The van der Waals surface area contributed by atoms with E-state index in [2.05, 4.69) is 11.7 Å². The number of carbonyl (C=O) groups excluding carboxylic acids is 1. The third-order valence-corrected chi connectivity index (χ3v) is 5.18. The van der Waals surface area contributed by atoms with Crippen LogP contribution in [-0.4, -0.2) is 13.1 Å². The Morgan fingerprint density at radius 1 is 0.818 bits per heavy atom. The third kappa shape index (κ3) is 10.2. The van der Waals surface area contributed by atoms with E-state index < -0.39 is 0 Å². The lowest BCUT2D eigenvalue weighted by atomic mass is 10.0. The van der Waals surface area contributed by atoms with Gasteiger partial charge >= 0.3 is 5.97 Å². The maximum atomic E-state index is 11.0. The van der Waals surface area contributed by atoms with Crippen molar-refractivity contribution in [3.8, 4) is 0 Å². The minimum absolute atomic E-state index is 0.0597. The lowest BCUT2D eigenvalue weighted by Gasteiger charge is -2.03. The summed E-state index contributed by atoms with van der Waals surface area (Å²) in [5.74, 6) is 2.08. The molecule has 2 atom stereocenters. The van der Waals surface area contributed by atoms with Crippen molar-refractivity contribution in [3.05, 3.63) is 0 Å². The van der Waals surface area contributed by atoms with E-state index >= 15 is 0 Å². The Balaban J connectivity index is 1.77. The first-order valence-electron chi connectivity index (χ1n) is 9.84. The summed E-state index contributed by atoms with van der Waals surface area (Å²) in [4.78, 5) is 11.0. The molecule has 1 rings (SSSR count). The van der Waals surface area contributed by atoms with Gasteiger partial charge in [0.05, 0.1) is 7.11 Å². The Hall–Kier alpha value is -0.530. The van der Waals surface area contributed by atoms with Gasteiger partial charge in [0.1, 0.15) is 0 Å². The van der Waals surface area contributed by atoms with Crippen LogP contribution in [0.2, 0.25) is 0 Å². The number of rotatable bonds is 15. The molecule has 0 aromatic heterocycles. The van der Waals surface area contributed by atoms with Crippen LogP contribution in [0.5, 0.6) is 0 Å². The van der Waals surface area contributed by atoms with Gasteiger partial charge in [0.2, 0.25) is 0 Å². The van der Waals surface area contributed by atoms with Crippen LogP contribution in [-0.2, 0) is 9.53 Å². The van der Waals surface area contributed by atoms with Crippen molar-refractivity contribution in [2.75, 3.05) is 7.11 Å². The van der Waals surface area contributed by atoms with Crippen LogP contribution in [0.3, 0.4) is 0 Å². The molecule has 0 heterocycles. The van der Waals surface area contributed by atoms with Gasteiger partial charge in [-0.15, -0.1) is 0 Å². The average Bonchev–Trinajstić information content (AvgIpc) is 3.28. The van der Waals surface area contributed by atoms with E-state index in [-0.39, 0.29) is 5.97 Å². The molecule has 0 spiro atoms. The van der Waals surface area contributed by atoms with Crippen LogP contribution in [0, 0.1) is 11.8 Å². The maximum absolute atomic E-state index is 11.0. The summed E-state index contributed by atoms with van der Waals surface area (Å²) in [6.07, 6.45) is 19.9. The number of carbonyl (C=O) groups is 1. The first-order valence-corrected chi connectivity index (χ1v) is 9.84. The average molecular weight is 311 g/mol. The summed E-state index contributed by atoms with van der Waals surface area (Å²) >= 11 is 0. The summed E-state index contributed by atoms with van der Waals surface area (Å²) in [7, 11) is 1.47. The molecule has 130 valence electrons. The number of esters is 1. The molecule has 0 aromatic rings. The quantitative estimate of drug-likeness (QED) is 0.263. The van der Waals surface area contributed by atoms with Gasteiger partial charge in [0.15, 0.2) is 0 Å². The summed E-state index contributed by atoms with van der Waals surface area (Å²) in [6, 6.07) is 0. The molecule has 0 saturated heterocycles. The zero-order valence-corrected chi connectivity index (χ0v) is 15.1. The summed E-state index contributed by atoms with van der Waals surface area (Å²) in [6.45, 7) is 2.29. The fraction of sp³-hybridized carbons (Fsp3) is 0.950. The van der Waals surface area contributed by atoms with Gasteiger partial charge in [-0.25, -0.2) is 0 Å². The van der Waals surface area contributed by atoms with E-state index in [1.165, 1.54) is 90.6 Å². The zero-order chi connectivity index (χ0) is 16.0. The molecule has 0 aromatic carbocycles. The van der Waals surface area contributed by atoms with Gasteiger partial charge in [-0.2, -0.15) is 0 Å². The molecule has 2 nitrogen and oxygen atoms in total. The number of hydrogen-bond donors (Lipinski definition) is 0. The Labute approximate surface area is 138 Å². The van der Waals surface area contributed by atoms with Crippen LogP contribution in [0.4, 0.5) is 0 Å².